The van der Waals surface area contributed by atoms with E-state index in [0.717, 1.165) is 12.1 Å². The fourth-order valence-corrected chi connectivity index (χ4v) is 3.43. The maximum Gasteiger partial charge on any atom is 0.180 e. The summed E-state index contributed by atoms with van der Waals surface area (Å²) in [5.41, 5.74) is 6.61. The molecule has 0 amide bonds. The van der Waals surface area contributed by atoms with Gasteiger partial charge < -0.3 is 10.5 Å². The van der Waals surface area contributed by atoms with Gasteiger partial charge in [0.2, 0.25) is 0 Å². The molecule has 0 aliphatic carbocycles. The van der Waals surface area contributed by atoms with Crippen LogP contribution in [0, 0.1) is 5.82 Å². The maximum absolute atomic E-state index is 12.9. The van der Waals surface area contributed by atoms with Crippen LogP contribution >= 0.6 is 0 Å². The number of nitrogens with two attached hydrogens (primary N) is 1. The Morgan fingerprint density at radius 1 is 1.14 bits per heavy atom. The molecule has 0 spiro atoms. The monoisotopic (exact) mass is 309 g/mol. The summed E-state index contributed by atoms with van der Waals surface area (Å²) in [7, 11) is -2.10. The molecule has 0 aromatic heterocycles. The number of benzene rings is 2. The molecule has 2 aromatic carbocycles. The van der Waals surface area contributed by atoms with Crippen molar-refractivity contribution < 1.29 is 17.5 Å². The molecule has 4 nitrogen and oxygen atoms in total. The molecular weight excluding hydrogens is 293 g/mol. The van der Waals surface area contributed by atoms with Crippen molar-refractivity contribution in [1.82, 2.24) is 0 Å². The number of methoxy groups -OCH3 is 1. The van der Waals surface area contributed by atoms with Crippen LogP contribution in [0.25, 0.3) is 0 Å². The summed E-state index contributed by atoms with van der Waals surface area (Å²) in [5.74, 6) is -0.221. The molecule has 112 valence electrons. The first-order valence-corrected chi connectivity index (χ1v) is 7.96. The van der Waals surface area contributed by atoms with Gasteiger partial charge in [-0.3, -0.25) is 0 Å². The number of halogens is 1. The van der Waals surface area contributed by atoms with E-state index in [-0.39, 0.29) is 10.6 Å². The van der Waals surface area contributed by atoms with Crippen molar-refractivity contribution in [1.29, 1.82) is 0 Å². The summed E-state index contributed by atoms with van der Waals surface area (Å²) in [6, 6.07) is 11.0. The maximum atomic E-state index is 12.9. The van der Waals surface area contributed by atoms with Gasteiger partial charge in [0, 0.05) is 11.6 Å². The summed E-state index contributed by atoms with van der Waals surface area (Å²) in [4.78, 5) is 0.0502. The number of sulfone groups is 1. The van der Waals surface area contributed by atoms with Gasteiger partial charge in [-0.15, -0.1) is 0 Å². The average molecular weight is 309 g/mol. The Labute approximate surface area is 123 Å². The third-order valence-corrected chi connectivity index (χ3v) is 4.90. The lowest BCUT2D eigenvalue weighted by molar-refractivity contribution is 0.407. The van der Waals surface area contributed by atoms with E-state index in [1.165, 1.54) is 19.2 Å². The molecule has 0 radical (unpaired) electrons. The van der Waals surface area contributed by atoms with Crippen LogP contribution in [0.15, 0.2) is 53.4 Å². The molecule has 1 unspecified atom stereocenters. The summed E-state index contributed by atoms with van der Waals surface area (Å²) >= 11 is 0. The first kappa shape index (κ1) is 15.5. The quantitative estimate of drug-likeness (QED) is 0.861. The van der Waals surface area contributed by atoms with Crippen molar-refractivity contribution >= 4 is 9.84 Å². The van der Waals surface area contributed by atoms with E-state index in [4.69, 9.17) is 10.5 Å². The molecule has 0 aliphatic rings. The predicted octanol–water partition coefficient (Wildman–Crippen LogP) is 2.31. The van der Waals surface area contributed by atoms with Crippen LogP contribution in [0.3, 0.4) is 0 Å². The molecule has 0 bridgehead atoms. The normalized spacial score (nSPS) is 12.9. The Morgan fingerprint density at radius 3 is 2.38 bits per heavy atom. The van der Waals surface area contributed by atoms with E-state index in [1.54, 1.807) is 24.3 Å². The predicted molar refractivity (Wildman–Crippen MR) is 78.4 cm³/mol. The molecule has 2 rings (SSSR count). The molecular formula is C15H16FNO3S. The smallest absolute Gasteiger partial charge is 0.180 e. The third-order valence-electron chi connectivity index (χ3n) is 3.11. The molecule has 0 saturated carbocycles. The first-order chi connectivity index (χ1) is 9.94. The SMILES string of the molecule is COc1ccccc1C(N)CS(=O)(=O)c1ccc(F)cc1. The highest BCUT2D eigenvalue weighted by Gasteiger charge is 2.22. The van der Waals surface area contributed by atoms with E-state index in [2.05, 4.69) is 0 Å². The van der Waals surface area contributed by atoms with Crippen LogP contribution in [-0.2, 0) is 9.84 Å². The van der Waals surface area contributed by atoms with Crippen LogP contribution in [0.4, 0.5) is 4.39 Å². The highest BCUT2D eigenvalue weighted by atomic mass is 32.2. The Balaban J connectivity index is 2.25. The molecule has 21 heavy (non-hydrogen) atoms. The van der Waals surface area contributed by atoms with Crippen molar-refractivity contribution in [3.8, 4) is 5.75 Å². The van der Waals surface area contributed by atoms with Crippen molar-refractivity contribution in [3.05, 3.63) is 59.9 Å². The molecule has 0 aliphatic heterocycles. The van der Waals surface area contributed by atoms with E-state index in [9.17, 15) is 12.8 Å². The van der Waals surface area contributed by atoms with Gasteiger partial charge in [0.05, 0.1) is 17.8 Å². The zero-order valence-electron chi connectivity index (χ0n) is 11.5. The van der Waals surface area contributed by atoms with E-state index in [1.807, 2.05) is 0 Å². The van der Waals surface area contributed by atoms with Crippen molar-refractivity contribution in [2.75, 3.05) is 12.9 Å². The number of hydrogen-bond acceptors (Lipinski definition) is 4. The molecule has 0 heterocycles. The molecule has 1 atom stereocenters. The van der Waals surface area contributed by atoms with Gasteiger partial charge in [0.15, 0.2) is 9.84 Å². The lowest BCUT2D eigenvalue weighted by Gasteiger charge is -2.15. The van der Waals surface area contributed by atoms with Gasteiger partial charge >= 0.3 is 0 Å². The van der Waals surface area contributed by atoms with Gasteiger partial charge in [-0.05, 0) is 30.3 Å². The fraction of sp³-hybridized carbons (Fsp3) is 0.200. The van der Waals surface area contributed by atoms with Crippen LogP contribution in [0.5, 0.6) is 5.75 Å². The minimum atomic E-state index is -3.60. The Morgan fingerprint density at radius 2 is 1.76 bits per heavy atom. The lowest BCUT2D eigenvalue weighted by atomic mass is 10.1. The van der Waals surface area contributed by atoms with E-state index >= 15 is 0 Å². The van der Waals surface area contributed by atoms with Crippen LogP contribution in [0.2, 0.25) is 0 Å². The Hall–Kier alpha value is -1.92. The van der Waals surface area contributed by atoms with Crippen molar-refractivity contribution in [3.63, 3.8) is 0 Å². The van der Waals surface area contributed by atoms with Crippen molar-refractivity contribution in [2.45, 2.75) is 10.9 Å². The molecule has 0 fully saturated rings. The summed E-state index contributed by atoms with van der Waals surface area (Å²) in [6.07, 6.45) is 0. The van der Waals surface area contributed by atoms with Gasteiger partial charge in [-0.2, -0.15) is 0 Å². The van der Waals surface area contributed by atoms with Gasteiger partial charge in [-0.25, -0.2) is 12.8 Å². The van der Waals surface area contributed by atoms with Gasteiger partial charge in [0.25, 0.3) is 0 Å². The van der Waals surface area contributed by atoms with Crippen molar-refractivity contribution in [2.24, 2.45) is 5.73 Å². The van der Waals surface area contributed by atoms with Crippen LogP contribution in [-0.4, -0.2) is 21.3 Å². The van der Waals surface area contributed by atoms with Gasteiger partial charge in [-0.1, -0.05) is 18.2 Å². The number of ether oxygens (including phenoxy) is 1. The summed E-state index contributed by atoms with van der Waals surface area (Å²) in [6.45, 7) is 0. The van der Waals surface area contributed by atoms with E-state index in [0.29, 0.717) is 11.3 Å². The van der Waals surface area contributed by atoms with E-state index < -0.39 is 21.7 Å². The minimum Gasteiger partial charge on any atom is -0.496 e. The second kappa shape index (κ2) is 6.24. The standard InChI is InChI=1S/C15H16FNO3S/c1-20-15-5-3-2-4-13(15)14(17)10-21(18,19)12-8-6-11(16)7-9-12/h2-9,14H,10,17H2,1H3. The fourth-order valence-electron chi connectivity index (χ4n) is 2.04. The Bertz CT molecular complexity index is 714. The average Bonchev–Trinajstić information content (AvgIpc) is 2.47. The first-order valence-electron chi connectivity index (χ1n) is 6.31. The summed E-state index contributed by atoms with van der Waals surface area (Å²) < 4.78 is 42.6. The van der Waals surface area contributed by atoms with Crippen LogP contribution < -0.4 is 10.5 Å². The molecule has 6 heteroatoms. The number of para-hydroxylation sites is 1. The third kappa shape index (κ3) is 3.59. The largest absolute Gasteiger partial charge is 0.496 e. The zero-order valence-corrected chi connectivity index (χ0v) is 12.3. The summed E-state index contributed by atoms with van der Waals surface area (Å²) in [5, 5.41) is 0. The Kier molecular flexibility index (Phi) is 4.59. The number of rotatable bonds is 5. The second-order valence-electron chi connectivity index (χ2n) is 4.58. The topological polar surface area (TPSA) is 69.4 Å². The highest BCUT2D eigenvalue weighted by molar-refractivity contribution is 7.91. The highest BCUT2D eigenvalue weighted by Crippen LogP contribution is 2.26. The molecule has 2 N–H and O–H groups in total. The second-order valence-corrected chi connectivity index (χ2v) is 6.62. The molecule has 2 aromatic rings. The minimum absolute atomic E-state index is 0.0502. The zero-order chi connectivity index (χ0) is 15.5. The van der Waals surface area contributed by atoms with Gasteiger partial charge in [0.1, 0.15) is 11.6 Å². The number of hydrogen-bond donors (Lipinski definition) is 1. The lowest BCUT2D eigenvalue weighted by Crippen LogP contribution is -2.22. The van der Waals surface area contributed by atoms with Crippen LogP contribution in [0.1, 0.15) is 11.6 Å². The molecule has 0 saturated heterocycles.